The molecule has 1 aromatic heterocycles. The Labute approximate surface area is 132 Å². The molecule has 1 aromatic carbocycles. The van der Waals surface area contributed by atoms with Crippen LogP contribution in [0.4, 0.5) is 10.6 Å². The second-order valence-corrected chi connectivity index (χ2v) is 4.63. The zero-order valence-corrected chi connectivity index (χ0v) is 12.8. The van der Waals surface area contributed by atoms with Crippen molar-refractivity contribution in [2.75, 3.05) is 19.5 Å². The van der Waals surface area contributed by atoms with Gasteiger partial charge in [-0.25, -0.2) is 4.79 Å². The number of urea groups is 1. The third-order valence-electron chi connectivity index (χ3n) is 2.77. The normalized spacial score (nSPS) is 9.95. The Morgan fingerprint density at radius 3 is 2.55 bits per heavy atom. The van der Waals surface area contributed by atoms with Crippen LogP contribution in [0.15, 0.2) is 30.3 Å². The van der Waals surface area contributed by atoms with Gasteiger partial charge in [-0.15, -0.1) is 10.2 Å². The van der Waals surface area contributed by atoms with E-state index in [-0.39, 0.29) is 5.15 Å². The Kier molecular flexibility index (Phi) is 5.37. The van der Waals surface area contributed by atoms with Crippen LogP contribution in [0, 0.1) is 0 Å². The lowest BCUT2D eigenvalue weighted by Gasteiger charge is -2.10. The van der Waals surface area contributed by atoms with Crippen molar-refractivity contribution in [2.45, 2.75) is 6.54 Å². The van der Waals surface area contributed by atoms with Crippen molar-refractivity contribution in [3.05, 3.63) is 41.0 Å². The Balaban J connectivity index is 1.92. The number of amides is 2. The van der Waals surface area contributed by atoms with E-state index in [1.165, 1.54) is 0 Å². The van der Waals surface area contributed by atoms with Gasteiger partial charge in [-0.05, 0) is 29.8 Å². The smallest absolute Gasteiger partial charge is 0.320 e. The van der Waals surface area contributed by atoms with Crippen molar-refractivity contribution in [3.63, 3.8) is 0 Å². The zero-order chi connectivity index (χ0) is 15.9. The molecule has 0 aliphatic carbocycles. The molecule has 2 aromatic rings. The maximum atomic E-state index is 11.8. The number of nitrogens with zero attached hydrogens (tertiary/aromatic N) is 2. The summed E-state index contributed by atoms with van der Waals surface area (Å²) >= 11 is 5.62. The Morgan fingerprint density at radius 2 is 1.91 bits per heavy atom. The van der Waals surface area contributed by atoms with E-state index in [4.69, 9.17) is 21.1 Å². The van der Waals surface area contributed by atoms with E-state index in [0.717, 1.165) is 5.56 Å². The lowest BCUT2D eigenvalue weighted by atomic mass is 10.2. The van der Waals surface area contributed by atoms with Crippen molar-refractivity contribution in [1.29, 1.82) is 0 Å². The summed E-state index contributed by atoms with van der Waals surface area (Å²) < 4.78 is 10.4. The highest BCUT2D eigenvalue weighted by Gasteiger charge is 2.07. The number of anilines is 1. The van der Waals surface area contributed by atoms with E-state index in [2.05, 4.69) is 20.8 Å². The van der Waals surface area contributed by atoms with Crippen molar-refractivity contribution in [2.24, 2.45) is 0 Å². The van der Waals surface area contributed by atoms with E-state index in [1.54, 1.807) is 38.5 Å². The molecule has 1 heterocycles. The molecule has 2 rings (SSSR count). The van der Waals surface area contributed by atoms with Gasteiger partial charge >= 0.3 is 6.03 Å². The first-order chi connectivity index (χ1) is 10.6. The molecule has 0 spiro atoms. The quantitative estimate of drug-likeness (QED) is 0.883. The first-order valence-electron chi connectivity index (χ1n) is 6.37. The number of carbonyl (C=O) groups excluding carboxylic acids is 1. The Bertz CT molecular complexity index is 649. The van der Waals surface area contributed by atoms with Gasteiger partial charge in [0.1, 0.15) is 0 Å². The van der Waals surface area contributed by atoms with Gasteiger partial charge in [0.05, 0.1) is 14.2 Å². The predicted octanol–water partition coefficient (Wildman–Crippen LogP) is 2.47. The average Bonchev–Trinajstić information content (AvgIpc) is 2.54. The van der Waals surface area contributed by atoms with Crippen molar-refractivity contribution in [1.82, 2.24) is 15.5 Å². The minimum atomic E-state index is -0.397. The Morgan fingerprint density at radius 1 is 1.14 bits per heavy atom. The molecular formula is C14H15ClN4O3. The highest BCUT2D eigenvalue weighted by atomic mass is 35.5. The third kappa shape index (κ3) is 4.23. The number of ether oxygens (including phenoxy) is 2. The number of benzene rings is 1. The van der Waals surface area contributed by atoms with Gasteiger partial charge < -0.3 is 14.8 Å². The molecule has 22 heavy (non-hydrogen) atoms. The van der Waals surface area contributed by atoms with Crippen LogP contribution in [-0.4, -0.2) is 30.4 Å². The molecule has 2 N–H and O–H groups in total. The van der Waals surface area contributed by atoms with E-state index < -0.39 is 6.03 Å². The van der Waals surface area contributed by atoms with Crippen molar-refractivity contribution < 1.29 is 14.3 Å². The minimum absolute atomic E-state index is 0.260. The van der Waals surface area contributed by atoms with Gasteiger partial charge in [-0.3, -0.25) is 5.32 Å². The highest BCUT2D eigenvalue weighted by molar-refractivity contribution is 6.29. The predicted molar refractivity (Wildman–Crippen MR) is 82.4 cm³/mol. The van der Waals surface area contributed by atoms with Gasteiger partial charge in [0.25, 0.3) is 0 Å². The molecule has 0 saturated heterocycles. The number of nitrogens with one attached hydrogen (secondary N) is 2. The topological polar surface area (TPSA) is 85.4 Å². The van der Waals surface area contributed by atoms with Gasteiger partial charge in [-0.2, -0.15) is 0 Å². The number of halogens is 1. The molecular weight excluding hydrogens is 308 g/mol. The average molecular weight is 323 g/mol. The lowest BCUT2D eigenvalue weighted by molar-refractivity contribution is 0.251. The van der Waals surface area contributed by atoms with Crippen LogP contribution in [0.25, 0.3) is 0 Å². The fourth-order valence-corrected chi connectivity index (χ4v) is 1.82. The zero-order valence-electron chi connectivity index (χ0n) is 12.1. The molecule has 0 aliphatic heterocycles. The lowest BCUT2D eigenvalue weighted by Crippen LogP contribution is -2.28. The summed E-state index contributed by atoms with van der Waals surface area (Å²) in [6, 6.07) is 8.11. The summed E-state index contributed by atoms with van der Waals surface area (Å²) in [4.78, 5) is 11.8. The van der Waals surface area contributed by atoms with E-state index in [0.29, 0.717) is 23.9 Å². The van der Waals surface area contributed by atoms with E-state index >= 15 is 0 Å². The van der Waals surface area contributed by atoms with E-state index in [1.807, 2.05) is 6.07 Å². The minimum Gasteiger partial charge on any atom is -0.493 e. The first-order valence-corrected chi connectivity index (χ1v) is 6.75. The number of methoxy groups -OCH3 is 2. The SMILES string of the molecule is COc1ccc(CNC(=O)Nc2ccc(Cl)nn2)cc1OC. The van der Waals surface area contributed by atoms with Crippen LogP contribution in [0.2, 0.25) is 5.15 Å². The summed E-state index contributed by atoms with van der Waals surface area (Å²) in [5.74, 6) is 1.55. The number of rotatable bonds is 5. The molecule has 0 saturated carbocycles. The Hall–Kier alpha value is -2.54. The van der Waals surface area contributed by atoms with Crippen LogP contribution in [0.1, 0.15) is 5.56 Å². The second-order valence-electron chi connectivity index (χ2n) is 4.24. The summed E-state index contributed by atoms with van der Waals surface area (Å²) in [5, 5.41) is 12.9. The van der Waals surface area contributed by atoms with Gasteiger partial charge in [0.15, 0.2) is 22.5 Å². The fourth-order valence-electron chi connectivity index (χ4n) is 1.72. The van der Waals surface area contributed by atoms with Crippen molar-refractivity contribution >= 4 is 23.4 Å². The monoisotopic (exact) mass is 322 g/mol. The first kappa shape index (κ1) is 15.8. The summed E-state index contributed by atoms with van der Waals surface area (Å²) in [5.41, 5.74) is 0.870. The molecule has 7 nitrogen and oxygen atoms in total. The number of hydrogen-bond donors (Lipinski definition) is 2. The summed E-state index contributed by atoms with van der Waals surface area (Å²) in [6.45, 7) is 0.327. The molecule has 0 bridgehead atoms. The van der Waals surface area contributed by atoms with Gasteiger partial charge in [-0.1, -0.05) is 17.7 Å². The van der Waals surface area contributed by atoms with Crippen LogP contribution in [0.3, 0.4) is 0 Å². The van der Waals surface area contributed by atoms with E-state index in [9.17, 15) is 4.79 Å². The van der Waals surface area contributed by atoms with Crippen molar-refractivity contribution in [3.8, 4) is 11.5 Å². The van der Waals surface area contributed by atoms with Crippen LogP contribution in [-0.2, 0) is 6.54 Å². The maximum Gasteiger partial charge on any atom is 0.320 e. The van der Waals surface area contributed by atoms with Gasteiger partial charge in [0, 0.05) is 6.54 Å². The number of aromatic nitrogens is 2. The molecule has 0 unspecified atom stereocenters. The largest absolute Gasteiger partial charge is 0.493 e. The molecule has 2 amide bonds. The molecule has 0 fully saturated rings. The fraction of sp³-hybridized carbons (Fsp3) is 0.214. The molecule has 0 radical (unpaired) electrons. The number of carbonyl (C=O) groups is 1. The molecule has 0 aliphatic rings. The van der Waals surface area contributed by atoms with Crippen LogP contribution >= 0.6 is 11.6 Å². The molecule has 116 valence electrons. The summed E-state index contributed by atoms with van der Waals surface area (Å²) in [6.07, 6.45) is 0. The van der Waals surface area contributed by atoms with Gasteiger partial charge in [0.2, 0.25) is 0 Å². The highest BCUT2D eigenvalue weighted by Crippen LogP contribution is 2.27. The van der Waals surface area contributed by atoms with Crippen LogP contribution < -0.4 is 20.1 Å². The summed E-state index contributed by atoms with van der Waals surface area (Å²) in [7, 11) is 3.12. The molecule has 0 atom stereocenters. The standard InChI is InChI=1S/C14H15ClN4O3/c1-21-10-4-3-9(7-11(10)22-2)8-16-14(20)17-13-6-5-12(15)18-19-13/h3-7H,8H2,1-2H3,(H2,16,17,19,20). The maximum absolute atomic E-state index is 11.8. The van der Waals surface area contributed by atoms with Crippen LogP contribution in [0.5, 0.6) is 11.5 Å². The second kappa shape index (κ2) is 7.46. The third-order valence-corrected chi connectivity index (χ3v) is 2.98. The number of hydrogen-bond acceptors (Lipinski definition) is 5. The molecule has 8 heteroatoms.